The molecule has 1 aromatic carbocycles. The van der Waals surface area contributed by atoms with Gasteiger partial charge in [-0.1, -0.05) is 23.9 Å². The first-order chi connectivity index (χ1) is 13.0. The molecule has 0 aliphatic carbocycles. The average Bonchev–Trinajstić information content (AvgIpc) is 2.68. The van der Waals surface area contributed by atoms with Crippen molar-refractivity contribution in [2.75, 3.05) is 48.1 Å². The van der Waals surface area contributed by atoms with Gasteiger partial charge in [0.25, 0.3) is 5.56 Å². The summed E-state index contributed by atoms with van der Waals surface area (Å²) in [5.74, 6) is 1.60. The van der Waals surface area contributed by atoms with Gasteiger partial charge in [-0.2, -0.15) is 5.10 Å². The number of anilines is 2. The lowest BCUT2D eigenvalue weighted by Gasteiger charge is -2.22. The van der Waals surface area contributed by atoms with E-state index in [9.17, 15) is 4.79 Å². The predicted octanol–water partition coefficient (Wildman–Crippen LogP) is 3.26. The van der Waals surface area contributed by atoms with Crippen LogP contribution in [0.1, 0.15) is 5.56 Å². The normalized spacial score (nSPS) is 11.1. The fraction of sp³-hybridized carbons (Fsp3) is 0.389. The quantitative estimate of drug-likeness (QED) is 0.202. The smallest absolute Gasteiger partial charge is 0.256 e. The highest BCUT2D eigenvalue weighted by Gasteiger charge is 2.08. The number of hydrogen-bond donors (Lipinski definition) is 0. The lowest BCUT2D eigenvalue weighted by Crippen LogP contribution is -2.27. The minimum absolute atomic E-state index is 0.116. The van der Waals surface area contributed by atoms with Gasteiger partial charge >= 0.3 is 0 Å². The number of thioether (sulfide) groups is 1. The molecule has 0 aliphatic heterocycles. The van der Waals surface area contributed by atoms with E-state index in [1.54, 1.807) is 25.3 Å². The molecule has 0 saturated carbocycles. The highest BCUT2D eigenvalue weighted by Crippen LogP contribution is 2.16. The Balaban J connectivity index is 2.13. The second kappa shape index (κ2) is 10.6. The minimum atomic E-state index is -0.116. The van der Waals surface area contributed by atoms with Crippen molar-refractivity contribution in [2.45, 2.75) is 5.16 Å². The molecule has 2 rings (SSSR count). The highest BCUT2D eigenvalue weighted by molar-refractivity contribution is 7.98. The van der Waals surface area contributed by atoms with Gasteiger partial charge in [0.1, 0.15) is 0 Å². The van der Waals surface area contributed by atoms with Crippen molar-refractivity contribution in [1.82, 2.24) is 9.55 Å². The molecule has 0 aliphatic rings. The molecule has 1 heterocycles. The van der Waals surface area contributed by atoms with Crippen LogP contribution in [0, 0.1) is 0 Å². The van der Waals surface area contributed by atoms with Crippen LogP contribution in [0.25, 0.3) is 0 Å². The SMILES string of the molecule is CSc1nc(N(C)/N=C/c2ccc(N(CCCl)CCCl)cc2)cc(=O)n1C. The zero-order chi connectivity index (χ0) is 19.8. The van der Waals surface area contributed by atoms with Gasteiger partial charge in [-0.05, 0) is 24.0 Å². The Hall–Kier alpha value is -1.70. The zero-order valence-corrected chi connectivity index (χ0v) is 17.9. The molecule has 2 aromatic rings. The number of halogens is 2. The number of rotatable bonds is 9. The van der Waals surface area contributed by atoms with Crippen LogP contribution in [-0.4, -0.2) is 53.9 Å². The first-order valence-corrected chi connectivity index (χ1v) is 10.7. The molecule has 0 atom stereocenters. The van der Waals surface area contributed by atoms with Gasteiger partial charge in [-0.3, -0.25) is 14.4 Å². The van der Waals surface area contributed by atoms with Crippen molar-refractivity contribution >= 4 is 52.7 Å². The second-order valence-electron chi connectivity index (χ2n) is 5.72. The maximum Gasteiger partial charge on any atom is 0.256 e. The van der Waals surface area contributed by atoms with Crippen LogP contribution in [0.5, 0.6) is 0 Å². The van der Waals surface area contributed by atoms with E-state index in [1.165, 1.54) is 22.4 Å². The molecule has 0 fully saturated rings. The lowest BCUT2D eigenvalue weighted by molar-refractivity contribution is 0.703. The maximum absolute atomic E-state index is 12.0. The molecule has 0 amide bonds. The molecule has 1 aromatic heterocycles. The van der Waals surface area contributed by atoms with E-state index in [-0.39, 0.29) is 5.56 Å². The summed E-state index contributed by atoms with van der Waals surface area (Å²) in [7, 11) is 3.47. The summed E-state index contributed by atoms with van der Waals surface area (Å²) in [4.78, 5) is 18.6. The van der Waals surface area contributed by atoms with Crippen LogP contribution in [0.15, 0.2) is 45.4 Å². The van der Waals surface area contributed by atoms with Gasteiger partial charge in [0, 0.05) is 50.7 Å². The van der Waals surface area contributed by atoms with Crippen LogP contribution in [0.3, 0.4) is 0 Å². The molecule has 6 nitrogen and oxygen atoms in total. The number of alkyl halides is 2. The Morgan fingerprint density at radius 1 is 1.22 bits per heavy atom. The van der Waals surface area contributed by atoms with Gasteiger partial charge in [0.15, 0.2) is 11.0 Å². The standard InChI is InChI=1S/C18H23Cl2N5OS/c1-23-17(26)12-16(22-18(23)27-3)24(2)21-13-14-4-6-15(7-5-14)25(10-8-19)11-9-20/h4-7,12-13H,8-11H2,1-3H3/b21-13+. The molecule has 0 N–H and O–H groups in total. The molecular weight excluding hydrogens is 405 g/mol. The highest BCUT2D eigenvalue weighted by atomic mass is 35.5. The van der Waals surface area contributed by atoms with Gasteiger partial charge in [0.05, 0.1) is 6.21 Å². The van der Waals surface area contributed by atoms with Crippen molar-refractivity contribution in [3.8, 4) is 0 Å². The Labute approximate surface area is 173 Å². The summed E-state index contributed by atoms with van der Waals surface area (Å²) in [6.07, 6.45) is 3.61. The van der Waals surface area contributed by atoms with Crippen molar-refractivity contribution in [3.63, 3.8) is 0 Å². The summed E-state index contributed by atoms with van der Waals surface area (Å²) >= 11 is 13.1. The molecule has 9 heteroatoms. The van der Waals surface area contributed by atoms with Gasteiger partial charge in [-0.25, -0.2) is 4.98 Å². The number of benzene rings is 1. The fourth-order valence-electron chi connectivity index (χ4n) is 2.41. The Morgan fingerprint density at radius 2 is 1.85 bits per heavy atom. The number of nitrogens with zero attached hydrogens (tertiary/aromatic N) is 5. The second-order valence-corrected chi connectivity index (χ2v) is 7.25. The summed E-state index contributed by atoms with van der Waals surface area (Å²) in [5, 5.41) is 6.62. The van der Waals surface area contributed by atoms with Gasteiger partial charge in [-0.15, -0.1) is 23.2 Å². The minimum Gasteiger partial charge on any atom is -0.369 e. The van der Waals surface area contributed by atoms with E-state index >= 15 is 0 Å². The molecule has 0 spiro atoms. The molecule has 0 bridgehead atoms. The van der Waals surface area contributed by atoms with E-state index in [1.807, 2.05) is 30.5 Å². The Morgan fingerprint density at radius 3 is 2.41 bits per heavy atom. The largest absolute Gasteiger partial charge is 0.369 e. The summed E-state index contributed by atoms with van der Waals surface area (Å²) < 4.78 is 1.51. The van der Waals surface area contributed by atoms with Crippen molar-refractivity contribution in [1.29, 1.82) is 0 Å². The summed E-state index contributed by atoms with van der Waals surface area (Å²) in [6, 6.07) is 9.46. The van der Waals surface area contributed by atoms with Crippen LogP contribution < -0.4 is 15.5 Å². The molecule has 0 unspecified atom stereocenters. The maximum atomic E-state index is 12.0. The third kappa shape index (κ3) is 5.89. The van der Waals surface area contributed by atoms with Crippen LogP contribution in [-0.2, 0) is 7.05 Å². The number of aromatic nitrogens is 2. The molecule has 146 valence electrons. The van der Waals surface area contributed by atoms with Gasteiger partial charge < -0.3 is 4.90 Å². The number of hydrazone groups is 1. The van der Waals surface area contributed by atoms with E-state index in [0.29, 0.717) is 22.7 Å². The van der Waals surface area contributed by atoms with Crippen molar-refractivity contribution in [3.05, 3.63) is 46.2 Å². The molecular formula is C18H23Cl2N5OS. The van der Waals surface area contributed by atoms with Crippen molar-refractivity contribution < 1.29 is 0 Å². The summed E-state index contributed by atoms with van der Waals surface area (Å²) in [6.45, 7) is 1.49. The van der Waals surface area contributed by atoms with E-state index in [0.717, 1.165) is 24.3 Å². The van der Waals surface area contributed by atoms with Crippen LogP contribution in [0.2, 0.25) is 0 Å². The monoisotopic (exact) mass is 427 g/mol. The molecule has 0 radical (unpaired) electrons. The lowest BCUT2D eigenvalue weighted by atomic mass is 10.2. The first-order valence-electron chi connectivity index (χ1n) is 8.37. The van der Waals surface area contributed by atoms with E-state index in [4.69, 9.17) is 23.2 Å². The van der Waals surface area contributed by atoms with Crippen LogP contribution >= 0.6 is 35.0 Å². The topological polar surface area (TPSA) is 53.7 Å². The number of hydrogen-bond acceptors (Lipinski definition) is 6. The first kappa shape index (κ1) is 21.6. The zero-order valence-electron chi connectivity index (χ0n) is 15.6. The van der Waals surface area contributed by atoms with E-state index in [2.05, 4.69) is 15.0 Å². The van der Waals surface area contributed by atoms with E-state index < -0.39 is 0 Å². The van der Waals surface area contributed by atoms with Crippen LogP contribution in [0.4, 0.5) is 11.5 Å². The Kier molecular flexibility index (Phi) is 8.47. The summed E-state index contributed by atoms with van der Waals surface area (Å²) in [5.41, 5.74) is 1.89. The third-order valence-electron chi connectivity index (χ3n) is 3.94. The third-order valence-corrected chi connectivity index (χ3v) is 5.01. The Bertz CT molecular complexity index is 819. The van der Waals surface area contributed by atoms with Gasteiger partial charge in [0.2, 0.25) is 0 Å². The molecule has 0 saturated heterocycles. The molecule has 27 heavy (non-hydrogen) atoms. The van der Waals surface area contributed by atoms with Crippen molar-refractivity contribution in [2.24, 2.45) is 12.1 Å². The predicted molar refractivity (Wildman–Crippen MR) is 117 cm³/mol. The average molecular weight is 428 g/mol. The fourth-order valence-corrected chi connectivity index (χ4v) is 3.37.